The van der Waals surface area contributed by atoms with E-state index in [1.165, 1.54) is 5.56 Å². The fourth-order valence-corrected chi connectivity index (χ4v) is 2.09. The van der Waals surface area contributed by atoms with Crippen molar-refractivity contribution < 1.29 is 9.53 Å². The van der Waals surface area contributed by atoms with Gasteiger partial charge in [0.1, 0.15) is 6.61 Å². The van der Waals surface area contributed by atoms with E-state index in [0.717, 1.165) is 0 Å². The number of ether oxygens (including phenoxy) is 1. The minimum absolute atomic E-state index is 0.0326. The third kappa shape index (κ3) is 1.76. The van der Waals surface area contributed by atoms with Crippen LogP contribution in [0.1, 0.15) is 25.8 Å². The van der Waals surface area contributed by atoms with E-state index < -0.39 is 0 Å². The maximum atomic E-state index is 11.2. The first-order valence-electron chi connectivity index (χ1n) is 5.34. The highest BCUT2D eigenvalue weighted by Crippen LogP contribution is 2.37. The summed E-state index contributed by atoms with van der Waals surface area (Å²) in [6.45, 7) is 4.78. The van der Waals surface area contributed by atoms with E-state index in [1.807, 2.05) is 18.2 Å². The molecule has 0 amide bonds. The lowest BCUT2D eigenvalue weighted by Crippen LogP contribution is -2.42. The molecule has 0 saturated carbocycles. The van der Waals surface area contributed by atoms with Gasteiger partial charge in [0.2, 0.25) is 0 Å². The fourth-order valence-electron chi connectivity index (χ4n) is 2.09. The van der Waals surface area contributed by atoms with Crippen molar-refractivity contribution in [1.29, 1.82) is 0 Å². The van der Waals surface area contributed by atoms with Crippen molar-refractivity contribution in [2.24, 2.45) is 5.92 Å². The van der Waals surface area contributed by atoms with Gasteiger partial charge in [0.15, 0.2) is 0 Å². The molecule has 1 aliphatic heterocycles. The summed E-state index contributed by atoms with van der Waals surface area (Å²) in [5.74, 6) is 0.261. The number of cyclic esters (lactones) is 1. The molecule has 15 heavy (non-hydrogen) atoms. The highest BCUT2D eigenvalue weighted by molar-refractivity contribution is 5.71. The molecule has 80 valence electrons. The number of esters is 1. The largest absolute Gasteiger partial charge is 0.465 e. The average Bonchev–Trinajstić information content (AvgIpc) is 2.25. The van der Waals surface area contributed by atoms with E-state index in [4.69, 9.17) is 4.74 Å². The van der Waals surface area contributed by atoms with Crippen LogP contribution in [0.15, 0.2) is 30.3 Å². The number of hydrogen-bond acceptors (Lipinski definition) is 2. The molecule has 2 rings (SSSR count). The van der Waals surface area contributed by atoms with Gasteiger partial charge in [0.25, 0.3) is 0 Å². The summed E-state index contributed by atoms with van der Waals surface area (Å²) in [5, 5.41) is 0. The van der Waals surface area contributed by atoms with Crippen molar-refractivity contribution in [3.05, 3.63) is 35.9 Å². The first kappa shape index (κ1) is 10.2. The smallest absolute Gasteiger partial charge is 0.306 e. The highest BCUT2D eigenvalue weighted by atomic mass is 16.5. The normalized spacial score (nSPS) is 31.1. The van der Waals surface area contributed by atoms with Gasteiger partial charge < -0.3 is 4.74 Å². The Hall–Kier alpha value is -1.31. The Labute approximate surface area is 90.3 Å². The summed E-state index contributed by atoms with van der Waals surface area (Å²) >= 11 is 0. The number of carbonyl (C=O) groups excluding carboxylic acids is 1. The number of carbonyl (C=O) groups is 1. The summed E-state index contributed by atoms with van der Waals surface area (Å²) in [5.41, 5.74) is 1.22. The van der Waals surface area contributed by atoms with Crippen LogP contribution in [0, 0.1) is 5.92 Å². The molecule has 0 N–H and O–H groups in total. The molecule has 1 aliphatic rings. The van der Waals surface area contributed by atoms with Gasteiger partial charge in [0.05, 0.1) is 0 Å². The summed E-state index contributed by atoms with van der Waals surface area (Å²) in [7, 11) is 0. The molecule has 0 bridgehead atoms. The van der Waals surface area contributed by atoms with Crippen molar-refractivity contribution in [3.8, 4) is 0 Å². The van der Waals surface area contributed by atoms with E-state index in [2.05, 4.69) is 26.0 Å². The maximum absolute atomic E-state index is 11.2. The zero-order chi connectivity index (χ0) is 10.9. The summed E-state index contributed by atoms with van der Waals surface area (Å²) in [6, 6.07) is 10.3. The summed E-state index contributed by atoms with van der Waals surface area (Å²) < 4.78 is 5.18. The summed E-state index contributed by atoms with van der Waals surface area (Å²) in [6.07, 6.45) is 0.519. The molecule has 0 aliphatic carbocycles. The minimum atomic E-state index is -0.0732. The average molecular weight is 204 g/mol. The second-order valence-corrected chi connectivity index (χ2v) is 4.55. The van der Waals surface area contributed by atoms with E-state index in [9.17, 15) is 4.79 Å². The van der Waals surface area contributed by atoms with Crippen LogP contribution in [-0.4, -0.2) is 12.6 Å². The number of benzene rings is 1. The topological polar surface area (TPSA) is 26.3 Å². The summed E-state index contributed by atoms with van der Waals surface area (Å²) in [4.78, 5) is 11.2. The molecule has 1 heterocycles. The molecule has 2 atom stereocenters. The van der Waals surface area contributed by atoms with Gasteiger partial charge in [-0.2, -0.15) is 0 Å². The lowest BCUT2D eigenvalue weighted by molar-refractivity contribution is -0.153. The predicted molar refractivity (Wildman–Crippen MR) is 58.5 cm³/mol. The van der Waals surface area contributed by atoms with Crippen molar-refractivity contribution in [2.75, 3.05) is 6.61 Å². The molecule has 2 unspecified atom stereocenters. The molecular weight excluding hydrogens is 188 g/mol. The van der Waals surface area contributed by atoms with Crippen LogP contribution in [0.3, 0.4) is 0 Å². The van der Waals surface area contributed by atoms with E-state index in [-0.39, 0.29) is 11.4 Å². The van der Waals surface area contributed by atoms with Crippen molar-refractivity contribution in [2.45, 2.75) is 25.7 Å². The zero-order valence-corrected chi connectivity index (χ0v) is 9.19. The predicted octanol–water partition coefficient (Wildman–Crippen LogP) is 2.53. The highest BCUT2D eigenvalue weighted by Gasteiger charge is 2.39. The second-order valence-electron chi connectivity index (χ2n) is 4.55. The SMILES string of the molecule is CC1CC(=O)OCC1(C)c1ccccc1. The zero-order valence-electron chi connectivity index (χ0n) is 9.19. The van der Waals surface area contributed by atoms with Crippen LogP contribution >= 0.6 is 0 Å². The molecule has 2 nitrogen and oxygen atoms in total. The van der Waals surface area contributed by atoms with E-state index in [1.54, 1.807) is 0 Å². The van der Waals surface area contributed by atoms with E-state index in [0.29, 0.717) is 18.9 Å². The van der Waals surface area contributed by atoms with Gasteiger partial charge in [-0.3, -0.25) is 4.79 Å². The minimum Gasteiger partial charge on any atom is -0.465 e. The van der Waals surface area contributed by atoms with Crippen molar-refractivity contribution in [1.82, 2.24) is 0 Å². The van der Waals surface area contributed by atoms with Gasteiger partial charge in [-0.1, -0.05) is 44.2 Å². The first-order valence-corrected chi connectivity index (χ1v) is 5.34. The van der Waals surface area contributed by atoms with Crippen LogP contribution in [0.4, 0.5) is 0 Å². The Morgan fingerprint density at radius 2 is 2.00 bits per heavy atom. The molecule has 0 aromatic heterocycles. The monoisotopic (exact) mass is 204 g/mol. The lowest BCUT2D eigenvalue weighted by Gasteiger charge is -2.39. The van der Waals surface area contributed by atoms with Crippen LogP contribution in [0.25, 0.3) is 0 Å². The van der Waals surface area contributed by atoms with Gasteiger partial charge in [-0.25, -0.2) is 0 Å². The molecule has 0 radical (unpaired) electrons. The molecule has 1 fully saturated rings. The molecule has 1 aromatic rings. The number of rotatable bonds is 1. The Balaban J connectivity index is 2.30. The Morgan fingerprint density at radius 1 is 1.33 bits per heavy atom. The Morgan fingerprint density at radius 3 is 2.60 bits per heavy atom. The van der Waals surface area contributed by atoms with Crippen molar-refractivity contribution in [3.63, 3.8) is 0 Å². The first-order chi connectivity index (χ1) is 7.13. The fraction of sp³-hybridized carbons (Fsp3) is 0.462. The van der Waals surface area contributed by atoms with Crippen LogP contribution in [0.5, 0.6) is 0 Å². The van der Waals surface area contributed by atoms with Gasteiger partial charge in [0, 0.05) is 11.8 Å². The lowest BCUT2D eigenvalue weighted by atomic mass is 9.71. The van der Waals surface area contributed by atoms with E-state index >= 15 is 0 Å². The second kappa shape index (κ2) is 3.69. The molecule has 0 spiro atoms. The molecule has 1 saturated heterocycles. The van der Waals surface area contributed by atoms with Crippen molar-refractivity contribution >= 4 is 5.97 Å². The molecule has 1 aromatic carbocycles. The third-order valence-electron chi connectivity index (χ3n) is 3.53. The maximum Gasteiger partial charge on any atom is 0.306 e. The van der Waals surface area contributed by atoms with Crippen LogP contribution < -0.4 is 0 Å². The van der Waals surface area contributed by atoms with Gasteiger partial charge in [-0.05, 0) is 11.5 Å². The van der Waals surface area contributed by atoms with Crippen LogP contribution in [-0.2, 0) is 14.9 Å². The quantitative estimate of drug-likeness (QED) is 0.657. The molecule has 2 heteroatoms. The Bertz CT molecular complexity index is 358. The van der Waals surface area contributed by atoms with Crippen LogP contribution in [0.2, 0.25) is 0 Å². The molecular formula is C13H16O2. The standard InChI is InChI=1S/C13H16O2/c1-10-8-12(14)15-9-13(10,2)11-6-4-3-5-7-11/h3-7,10H,8-9H2,1-2H3. The van der Waals surface area contributed by atoms with Gasteiger partial charge in [-0.15, -0.1) is 0 Å². The Kier molecular flexibility index (Phi) is 2.51. The third-order valence-corrected chi connectivity index (χ3v) is 3.53. The number of hydrogen-bond donors (Lipinski definition) is 0. The van der Waals surface area contributed by atoms with Gasteiger partial charge >= 0.3 is 5.97 Å².